The van der Waals surface area contributed by atoms with Crippen molar-refractivity contribution >= 4 is 24.1 Å². The zero-order valence-corrected chi connectivity index (χ0v) is 18.1. The smallest absolute Gasteiger partial charge is 0.378 e. The minimum atomic E-state index is -4.64. The number of carbonyl (C=O) groups is 2. The first kappa shape index (κ1) is 25.6. The van der Waals surface area contributed by atoms with Crippen molar-refractivity contribution in [2.75, 3.05) is 43.2 Å². The number of ether oxygens (including phenoxy) is 1. The number of hydrogen-bond acceptors (Lipinski definition) is 8. The highest BCUT2D eigenvalue weighted by Crippen LogP contribution is 2.35. The normalized spacial score (nSPS) is 15.4. The summed E-state index contributed by atoms with van der Waals surface area (Å²) in [7, 11) is 0. The first-order chi connectivity index (χ1) is 15.2. The lowest BCUT2D eigenvalue weighted by molar-refractivity contribution is -0.155. The molecule has 1 aromatic heterocycles. The molecule has 0 aliphatic carbocycles. The van der Waals surface area contributed by atoms with Crippen LogP contribution in [0.2, 0.25) is 0 Å². The molecular weight excluding hydrogens is 433 g/mol. The van der Waals surface area contributed by atoms with Crippen LogP contribution in [-0.4, -0.2) is 65.4 Å². The maximum atomic E-state index is 13.4. The van der Waals surface area contributed by atoms with Gasteiger partial charge in [-0.2, -0.15) is 18.2 Å². The standard InChI is InChI=1S/C19H29F3N6O4/c1-3-13(4-2)9-14(11-28(31)12-29)17(30)25-26-18-23-10-15(19(20,21)22)16(24-18)27-5-7-32-8-6-27/h10,12-14,31H,3-9,11H2,1-2H3,(H,25,30)(H,23,24,26)/t14-/m1/s1. The Bertz CT molecular complexity index is 757. The monoisotopic (exact) mass is 462 g/mol. The zero-order valence-electron chi connectivity index (χ0n) is 18.1. The highest BCUT2D eigenvalue weighted by atomic mass is 19.4. The second-order valence-electron chi connectivity index (χ2n) is 7.48. The molecule has 2 heterocycles. The number of rotatable bonds is 11. The molecule has 2 amide bonds. The van der Waals surface area contributed by atoms with Gasteiger partial charge in [-0.1, -0.05) is 26.7 Å². The van der Waals surface area contributed by atoms with Gasteiger partial charge in [-0.05, 0) is 12.3 Å². The van der Waals surface area contributed by atoms with Crippen molar-refractivity contribution in [2.24, 2.45) is 11.8 Å². The van der Waals surface area contributed by atoms with Crippen LogP contribution in [0.4, 0.5) is 24.9 Å². The lowest BCUT2D eigenvalue weighted by atomic mass is 9.90. The van der Waals surface area contributed by atoms with Crippen molar-refractivity contribution in [3.63, 3.8) is 0 Å². The fourth-order valence-electron chi connectivity index (χ4n) is 3.43. The summed E-state index contributed by atoms with van der Waals surface area (Å²) in [4.78, 5) is 32.5. The molecule has 0 unspecified atom stereocenters. The molecule has 0 radical (unpaired) electrons. The summed E-state index contributed by atoms with van der Waals surface area (Å²) in [6.45, 7) is 4.74. The van der Waals surface area contributed by atoms with E-state index < -0.39 is 23.6 Å². The van der Waals surface area contributed by atoms with E-state index in [0.29, 0.717) is 17.7 Å². The summed E-state index contributed by atoms with van der Waals surface area (Å²) in [5, 5.41) is 9.91. The number of anilines is 2. The van der Waals surface area contributed by atoms with Gasteiger partial charge < -0.3 is 9.64 Å². The Hall–Kier alpha value is -2.67. The number of nitrogens with zero attached hydrogens (tertiary/aromatic N) is 4. The average Bonchev–Trinajstić information content (AvgIpc) is 2.79. The van der Waals surface area contributed by atoms with E-state index in [2.05, 4.69) is 20.8 Å². The first-order valence-corrected chi connectivity index (χ1v) is 10.4. The molecule has 0 saturated carbocycles. The third kappa shape index (κ3) is 7.19. The molecule has 1 atom stereocenters. The Kier molecular flexibility index (Phi) is 9.44. The predicted molar refractivity (Wildman–Crippen MR) is 109 cm³/mol. The molecular formula is C19H29F3N6O4. The van der Waals surface area contributed by atoms with Gasteiger partial charge in [0, 0.05) is 19.3 Å². The molecule has 32 heavy (non-hydrogen) atoms. The van der Waals surface area contributed by atoms with Crippen molar-refractivity contribution in [3.8, 4) is 0 Å². The summed E-state index contributed by atoms with van der Waals surface area (Å²) in [6.07, 6.45) is -1.74. The van der Waals surface area contributed by atoms with Crippen LogP contribution in [0.3, 0.4) is 0 Å². The van der Waals surface area contributed by atoms with E-state index in [1.807, 2.05) is 13.8 Å². The van der Waals surface area contributed by atoms with Crippen molar-refractivity contribution in [1.29, 1.82) is 0 Å². The second-order valence-corrected chi connectivity index (χ2v) is 7.48. The average molecular weight is 462 g/mol. The van der Waals surface area contributed by atoms with E-state index in [1.165, 1.54) is 4.90 Å². The fourth-order valence-corrected chi connectivity index (χ4v) is 3.43. The molecule has 1 aliphatic rings. The molecule has 1 saturated heterocycles. The summed E-state index contributed by atoms with van der Waals surface area (Å²) >= 11 is 0. The maximum absolute atomic E-state index is 13.4. The summed E-state index contributed by atoms with van der Waals surface area (Å²) in [5.74, 6) is -1.61. The van der Waals surface area contributed by atoms with E-state index in [9.17, 15) is 28.0 Å². The molecule has 0 spiro atoms. The minimum absolute atomic E-state index is 0.195. The molecule has 0 bridgehead atoms. The first-order valence-electron chi connectivity index (χ1n) is 10.4. The number of halogens is 3. The number of carbonyl (C=O) groups excluding carboxylic acids is 2. The van der Waals surface area contributed by atoms with Gasteiger partial charge >= 0.3 is 6.18 Å². The van der Waals surface area contributed by atoms with E-state index in [-0.39, 0.29) is 56.9 Å². The number of aromatic nitrogens is 2. The molecule has 1 aliphatic heterocycles. The summed E-state index contributed by atoms with van der Waals surface area (Å²) in [6, 6.07) is 0. The predicted octanol–water partition coefficient (Wildman–Crippen LogP) is 2.07. The van der Waals surface area contributed by atoms with E-state index >= 15 is 0 Å². The van der Waals surface area contributed by atoms with Crippen LogP contribution < -0.4 is 15.8 Å². The maximum Gasteiger partial charge on any atom is 0.421 e. The van der Waals surface area contributed by atoms with Crippen molar-refractivity contribution in [2.45, 2.75) is 39.3 Å². The number of hydrogen-bond donors (Lipinski definition) is 3. The molecule has 10 nitrogen and oxygen atoms in total. The number of alkyl halides is 3. The number of nitrogens with one attached hydrogen (secondary N) is 2. The Balaban J connectivity index is 2.15. The molecule has 1 aromatic rings. The van der Waals surface area contributed by atoms with Gasteiger partial charge in [-0.3, -0.25) is 25.6 Å². The van der Waals surface area contributed by atoms with Crippen LogP contribution >= 0.6 is 0 Å². The van der Waals surface area contributed by atoms with Gasteiger partial charge in [-0.25, -0.2) is 10.0 Å². The van der Waals surface area contributed by atoms with E-state index in [0.717, 1.165) is 12.8 Å². The number of amides is 2. The molecule has 1 fully saturated rings. The highest BCUT2D eigenvalue weighted by molar-refractivity contribution is 5.80. The fraction of sp³-hybridized carbons (Fsp3) is 0.684. The quantitative estimate of drug-likeness (QED) is 0.260. The summed E-state index contributed by atoms with van der Waals surface area (Å²) in [5.41, 5.74) is 3.84. The van der Waals surface area contributed by atoms with E-state index in [1.54, 1.807) is 0 Å². The van der Waals surface area contributed by atoms with Crippen molar-refractivity contribution < 1.29 is 32.7 Å². The zero-order chi connectivity index (χ0) is 23.7. The number of morpholine rings is 1. The van der Waals surface area contributed by atoms with Crippen LogP contribution in [0.25, 0.3) is 0 Å². The Morgan fingerprint density at radius 2 is 2.00 bits per heavy atom. The topological polar surface area (TPSA) is 120 Å². The SMILES string of the molecule is CCC(CC)C[C@H](CN(O)C=O)C(=O)NNc1ncc(C(F)(F)F)c(N2CCOCC2)n1. The van der Waals surface area contributed by atoms with Crippen LogP contribution in [-0.2, 0) is 20.5 Å². The molecule has 2 rings (SSSR count). The molecule has 0 aromatic carbocycles. The Morgan fingerprint density at radius 3 is 2.56 bits per heavy atom. The largest absolute Gasteiger partial charge is 0.421 e. The van der Waals surface area contributed by atoms with Gasteiger partial charge in [0.1, 0.15) is 11.4 Å². The van der Waals surface area contributed by atoms with Crippen LogP contribution in [0.15, 0.2) is 6.20 Å². The molecule has 3 N–H and O–H groups in total. The Morgan fingerprint density at radius 1 is 1.34 bits per heavy atom. The minimum Gasteiger partial charge on any atom is -0.378 e. The molecule has 180 valence electrons. The molecule has 13 heteroatoms. The van der Waals surface area contributed by atoms with Gasteiger partial charge in [0.25, 0.3) is 0 Å². The van der Waals surface area contributed by atoms with E-state index in [4.69, 9.17) is 4.74 Å². The lowest BCUT2D eigenvalue weighted by Crippen LogP contribution is -2.41. The number of hydroxylamine groups is 2. The van der Waals surface area contributed by atoms with Crippen molar-refractivity contribution in [1.82, 2.24) is 20.5 Å². The van der Waals surface area contributed by atoms with Crippen molar-refractivity contribution in [3.05, 3.63) is 11.8 Å². The second kappa shape index (κ2) is 11.8. The van der Waals surface area contributed by atoms with Crippen LogP contribution in [0.5, 0.6) is 0 Å². The van der Waals surface area contributed by atoms with Gasteiger partial charge in [-0.15, -0.1) is 0 Å². The van der Waals surface area contributed by atoms with Crippen LogP contribution in [0, 0.1) is 11.8 Å². The van der Waals surface area contributed by atoms with Gasteiger partial charge in [0.05, 0.1) is 25.7 Å². The third-order valence-electron chi connectivity index (χ3n) is 5.35. The number of hydrazine groups is 1. The lowest BCUT2D eigenvalue weighted by Gasteiger charge is -2.30. The van der Waals surface area contributed by atoms with Gasteiger partial charge in [0.15, 0.2) is 0 Å². The summed E-state index contributed by atoms with van der Waals surface area (Å²) < 4.78 is 45.4. The third-order valence-corrected chi connectivity index (χ3v) is 5.35. The highest BCUT2D eigenvalue weighted by Gasteiger charge is 2.37. The van der Waals surface area contributed by atoms with Crippen LogP contribution in [0.1, 0.15) is 38.7 Å². The van der Waals surface area contributed by atoms with Gasteiger partial charge in [0.2, 0.25) is 18.3 Å². The Labute approximate surface area is 184 Å².